The standard InChI is InChI=1S/C10H23BO8P2S/c1-16-10-8(11)6-7(4-5-20(12,13)17-2)9(10)18-21(14,15)19-22-3/h7-10H,4-6,11H2,1-3H3,(H,12,13)(H,14,15)/t7-,8?,9+,10-/m0/s1. The Morgan fingerprint density at radius 1 is 1.27 bits per heavy atom. The normalized spacial score (nSPS) is 34.2. The third-order valence-corrected chi connectivity index (χ3v) is 7.04. The van der Waals surface area contributed by atoms with Gasteiger partial charge >= 0.3 is 15.4 Å². The molecule has 0 aromatic rings. The predicted molar refractivity (Wildman–Crippen MR) is 86.8 cm³/mol. The first kappa shape index (κ1) is 20.7. The van der Waals surface area contributed by atoms with E-state index in [2.05, 4.69) is 8.49 Å². The van der Waals surface area contributed by atoms with Gasteiger partial charge in [-0.2, -0.15) is 0 Å². The predicted octanol–water partition coefficient (Wildman–Crippen LogP) is 1.44. The van der Waals surface area contributed by atoms with E-state index in [-0.39, 0.29) is 24.0 Å². The summed E-state index contributed by atoms with van der Waals surface area (Å²) in [5.74, 6) is -0.101. The maximum Gasteiger partial charge on any atom is 0.483 e. The van der Waals surface area contributed by atoms with Crippen molar-refractivity contribution in [2.75, 3.05) is 26.6 Å². The average Bonchev–Trinajstić information content (AvgIpc) is 2.71. The summed E-state index contributed by atoms with van der Waals surface area (Å²) in [6.07, 6.45) is 1.39. The molecule has 0 aliphatic heterocycles. The summed E-state index contributed by atoms with van der Waals surface area (Å²) in [5, 5.41) is 0. The number of hydrogen-bond donors (Lipinski definition) is 2. The molecule has 130 valence electrons. The van der Waals surface area contributed by atoms with Gasteiger partial charge in [-0.1, -0.05) is 0 Å². The molecule has 0 aromatic heterocycles. The monoisotopic (exact) mass is 376 g/mol. The van der Waals surface area contributed by atoms with Crippen LogP contribution < -0.4 is 0 Å². The number of methoxy groups -OCH3 is 1. The van der Waals surface area contributed by atoms with Gasteiger partial charge in [0.2, 0.25) is 0 Å². The van der Waals surface area contributed by atoms with Crippen molar-refractivity contribution in [3.63, 3.8) is 0 Å². The highest BCUT2D eigenvalue weighted by Gasteiger charge is 2.46. The van der Waals surface area contributed by atoms with E-state index in [4.69, 9.17) is 9.26 Å². The molecule has 1 fully saturated rings. The van der Waals surface area contributed by atoms with Crippen LogP contribution in [-0.4, -0.2) is 56.5 Å². The number of phosphoric ester groups is 1. The average molecular weight is 376 g/mol. The molecule has 0 amide bonds. The molecule has 6 atom stereocenters. The lowest BCUT2D eigenvalue weighted by Gasteiger charge is -2.26. The zero-order valence-corrected chi connectivity index (χ0v) is 15.7. The SMILES string of the molecule is BC1C[C@H](CCP(=O)(O)OC)[C@@H](OP(=O)(O)OSC)[C@H]1OC. The van der Waals surface area contributed by atoms with E-state index >= 15 is 0 Å². The largest absolute Gasteiger partial charge is 0.483 e. The van der Waals surface area contributed by atoms with Crippen LogP contribution in [0.4, 0.5) is 0 Å². The maximum absolute atomic E-state index is 11.8. The van der Waals surface area contributed by atoms with Gasteiger partial charge in [0.05, 0.1) is 18.4 Å². The summed E-state index contributed by atoms with van der Waals surface area (Å²) in [7, 11) is -3.21. The van der Waals surface area contributed by atoms with Gasteiger partial charge < -0.3 is 19.0 Å². The minimum atomic E-state index is -4.21. The first-order valence-electron chi connectivity index (χ1n) is 6.79. The first-order chi connectivity index (χ1) is 10.2. The number of ether oxygens (including phenoxy) is 1. The van der Waals surface area contributed by atoms with Crippen LogP contribution in [0.15, 0.2) is 0 Å². The van der Waals surface area contributed by atoms with Crippen LogP contribution in [0.2, 0.25) is 5.82 Å². The van der Waals surface area contributed by atoms with Crippen molar-refractivity contribution >= 4 is 35.3 Å². The minimum Gasteiger partial charge on any atom is -0.379 e. The molecule has 1 saturated carbocycles. The maximum atomic E-state index is 11.8. The van der Waals surface area contributed by atoms with Crippen molar-refractivity contribution in [1.29, 1.82) is 0 Å². The highest BCUT2D eigenvalue weighted by atomic mass is 32.2. The van der Waals surface area contributed by atoms with E-state index in [0.29, 0.717) is 12.8 Å². The zero-order chi connectivity index (χ0) is 17.0. The van der Waals surface area contributed by atoms with Crippen LogP contribution in [0.5, 0.6) is 0 Å². The molecule has 3 unspecified atom stereocenters. The molecule has 0 bridgehead atoms. The Morgan fingerprint density at radius 2 is 1.91 bits per heavy atom. The second-order valence-electron chi connectivity index (χ2n) is 5.29. The van der Waals surface area contributed by atoms with Gasteiger partial charge in [0.15, 0.2) is 0 Å². The van der Waals surface area contributed by atoms with Crippen LogP contribution in [0.1, 0.15) is 12.8 Å². The van der Waals surface area contributed by atoms with E-state index in [0.717, 1.165) is 12.0 Å². The number of rotatable bonds is 9. The third kappa shape index (κ3) is 5.93. The molecule has 0 spiro atoms. The topological polar surface area (TPSA) is 112 Å². The van der Waals surface area contributed by atoms with Crippen LogP contribution in [0.25, 0.3) is 0 Å². The summed E-state index contributed by atoms with van der Waals surface area (Å²) in [4.78, 5) is 19.2. The molecular formula is C10H23BO8P2S. The van der Waals surface area contributed by atoms with E-state index in [1.54, 1.807) is 0 Å². The second-order valence-corrected chi connectivity index (χ2v) is 9.45. The molecule has 8 nitrogen and oxygen atoms in total. The molecule has 0 aromatic carbocycles. The zero-order valence-electron chi connectivity index (χ0n) is 13.1. The molecule has 0 radical (unpaired) electrons. The molecule has 0 heterocycles. The summed E-state index contributed by atoms with van der Waals surface area (Å²) in [6.45, 7) is 0. The van der Waals surface area contributed by atoms with Gasteiger partial charge in [-0.15, -0.1) is 0 Å². The number of phosphoric acid groups is 1. The molecule has 0 saturated heterocycles. The Kier molecular flexibility index (Phi) is 8.13. The fraction of sp³-hybridized carbons (Fsp3) is 1.00. The lowest BCUT2D eigenvalue weighted by Crippen LogP contribution is -2.31. The van der Waals surface area contributed by atoms with Gasteiger partial charge in [-0.3, -0.25) is 9.09 Å². The van der Waals surface area contributed by atoms with Crippen molar-refractivity contribution in [3.8, 4) is 0 Å². The van der Waals surface area contributed by atoms with E-state index in [9.17, 15) is 18.9 Å². The Balaban J connectivity index is 2.81. The van der Waals surface area contributed by atoms with E-state index in [1.807, 2.05) is 7.85 Å². The second kappa shape index (κ2) is 8.65. The van der Waals surface area contributed by atoms with Crippen LogP contribution >= 0.6 is 27.5 Å². The molecular weight excluding hydrogens is 353 g/mol. The van der Waals surface area contributed by atoms with E-state index < -0.39 is 21.5 Å². The molecule has 1 rings (SSSR count). The first-order valence-corrected chi connectivity index (χ1v) is 11.2. The van der Waals surface area contributed by atoms with Crippen LogP contribution in [0, 0.1) is 5.92 Å². The lowest BCUT2D eigenvalue weighted by atomic mass is 9.83. The van der Waals surface area contributed by atoms with Crippen molar-refractivity contribution in [1.82, 2.24) is 0 Å². The van der Waals surface area contributed by atoms with Crippen molar-refractivity contribution in [3.05, 3.63) is 0 Å². The Labute approximate surface area is 136 Å². The van der Waals surface area contributed by atoms with Crippen LogP contribution in [0.3, 0.4) is 0 Å². The highest BCUT2D eigenvalue weighted by molar-refractivity contribution is 7.97. The molecule has 1 aliphatic carbocycles. The van der Waals surface area contributed by atoms with Gasteiger partial charge in [0, 0.05) is 32.5 Å². The Bertz CT molecular complexity index is 453. The summed E-state index contributed by atoms with van der Waals surface area (Å²) < 4.78 is 43.3. The van der Waals surface area contributed by atoms with Crippen molar-refractivity contribution < 1.29 is 36.7 Å². The Morgan fingerprint density at radius 3 is 2.41 bits per heavy atom. The quantitative estimate of drug-likeness (QED) is 0.351. The van der Waals surface area contributed by atoms with Crippen molar-refractivity contribution in [2.24, 2.45) is 5.92 Å². The third-order valence-electron chi connectivity index (χ3n) is 3.79. The number of hydrogen-bond acceptors (Lipinski definition) is 7. The summed E-state index contributed by atoms with van der Waals surface area (Å²) in [5.41, 5.74) is 0. The Hall–Kier alpha value is 0.635. The summed E-state index contributed by atoms with van der Waals surface area (Å²) >= 11 is 0.741. The molecule has 1 aliphatic rings. The van der Waals surface area contributed by atoms with Gasteiger partial charge in [0.25, 0.3) is 0 Å². The smallest absolute Gasteiger partial charge is 0.379 e. The van der Waals surface area contributed by atoms with Crippen molar-refractivity contribution in [2.45, 2.75) is 30.9 Å². The lowest BCUT2D eigenvalue weighted by molar-refractivity contribution is -0.00578. The fourth-order valence-corrected chi connectivity index (χ4v) is 5.15. The van der Waals surface area contributed by atoms with Crippen LogP contribution in [-0.2, 0) is 26.9 Å². The fourth-order valence-electron chi connectivity index (χ4n) is 2.82. The van der Waals surface area contributed by atoms with Gasteiger partial charge in [-0.25, -0.2) is 8.54 Å². The molecule has 22 heavy (non-hydrogen) atoms. The minimum absolute atomic E-state index is 0.0453. The highest BCUT2D eigenvalue weighted by Crippen LogP contribution is 2.54. The van der Waals surface area contributed by atoms with Gasteiger partial charge in [0.1, 0.15) is 7.85 Å². The summed E-state index contributed by atoms with van der Waals surface area (Å²) in [6, 6.07) is 0. The molecule has 2 N–H and O–H groups in total. The molecule has 12 heteroatoms. The van der Waals surface area contributed by atoms with E-state index in [1.165, 1.54) is 20.5 Å². The van der Waals surface area contributed by atoms with Gasteiger partial charge in [-0.05, 0) is 24.6 Å².